The maximum Gasteiger partial charge on any atom is 0.251 e. The third-order valence-corrected chi connectivity index (χ3v) is 6.47. The fraction of sp³-hybridized carbons (Fsp3) is 0.381. The van der Waals surface area contributed by atoms with Gasteiger partial charge < -0.3 is 10.6 Å². The smallest absolute Gasteiger partial charge is 0.251 e. The molecule has 2 amide bonds. The minimum Gasteiger partial charge on any atom is -0.352 e. The molecule has 1 aliphatic rings. The van der Waals surface area contributed by atoms with Crippen LogP contribution in [0.25, 0.3) is 0 Å². The summed E-state index contributed by atoms with van der Waals surface area (Å²) in [5, 5.41) is 5.35. The lowest BCUT2D eigenvalue weighted by molar-refractivity contribution is -0.114. The van der Waals surface area contributed by atoms with Crippen LogP contribution in [0.1, 0.15) is 48.5 Å². The van der Waals surface area contributed by atoms with Crippen molar-refractivity contribution in [2.75, 3.05) is 11.9 Å². The van der Waals surface area contributed by atoms with Gasteiger partial charge in [0.05, 0.1) is 4.90 Å². The Morgan fingerprint density at radius 2 is 1.80 bits per heavy atom. The van der Waals surface area contributed by atoms with E-state index < -0.39 is 10.0 Å². The van der Waals surface area contributed by atoms with Crippen LogP contribution in [-0.2, 0) is 21.2 Å². The van der Waals surface area contributed by atoms with Gasteiger partial charge in [-0.05, 0) is 49.1 Å². The first kappa shape index (κ1) is 21.9. The summed E-state index contributed by atoms with van der Waals surface area (Å²) in [5.41, 5.74) is 1.32. The van der Waals surface area contributed by atoms with E-state index in [1.165, 1.54) is 19.2 Å². The van der Waals surface area contributed by atoms with Crippen LogP contribution in [0.15, 0.2) is 47.5 Å². The Balaban J connectivity index is 1.51. The first-order chi connectivity index (χ1) is 14.3. The normalized spacial score (nSPS) is 14.4. The highest BCUT2D eigenvalue weighted by molar-refractivity contribution is 7.89. The molecule has 1 aromatic heterocycles. The summed E-state index contributed by atoms with van der Waals surface area (Å²) in [7, 11) is -3.50. The highest BCUT2D eigenvalue weighted by atomic mass is 32.2. The summed E-state index contributed by atoms with van der Waals surface area (Å²) >= 11 is 0. The molecule has 30 heavy (non-hydrogen) atoms. The molecule has 0 bridgehead atoms. The van der Waals surface area contributed by atoms with Crippen molar-refractivity contribution in [2.24, 2.45) is 0 Å². The molecular weight excluding hydrogens is 404 g/mol. The van der Waals surface area contributed by atoms with Gasteiger partial charge in [0.25, 0.3) is 5.91 Å². The number of nitrogens with one attached hydrogen (secondary N) is 3. The highest BCUT2D eigenvalue weighted by Gasteiger charge is 2.22. The number of pyridine rings is 1. The second-order valence-corrected chi connectivity index (χ2v) is 9.08. The molecule has 1 saturated carbocycles. The van der Waals surface area contributed by atoms with E-state index in [1.807, 2.05) is 0 Å². The number of sulfonamides is 1. The SMILES string of the molecule is CC(=O)Nc1cc(C(=O)NCCc2ccc(S(=O)(=O)NC3CCCC3)cc2)ccn1. The van der Waals surface area contributed by atoms with Crippen molar-refractivity contribution in [1.82, 2.24) is 15.0 Å². The molecule has 1 aromatic carbocycles. The van der Waals surface area contributed by atoms with Gasteiger partial charge >= 0.3 is 0 Å². The van der Waals surface area contributed by atoms with Gasteiger partial charge in [-0.25, -0.2) is 18.1 Å². The topological polar surface area (TPSA) is 117 Å². The van der Waals surface area contributed by atoms with Crippen LogP contribution in [0.5, 0.6) is 0 Å². The van der Waals surface area contributed by atoms with Gasteiger partial charge in [-0.3, -0.25) is 9.59 Å². The molecule has 3 rings (SSSR count). The number of nitrogens with zero attached hydrogens (tertiary/aromatic N) is 1. The molecule has 0 radical (unpaired) electrons. The van der Waals surface area contributed by atoms with Crippen LogP contribution in [0.3, 0.4) is 0 Å². The number of hydrogen-bond donors (Lipinski definition) is 3. The Hall–Kier alpha value is -2.78. The van der Waals surface area contributed by atoms with Crippen molar-refractivity contribution < 1.29 is 18.0 Å². The quantitative estimate of drug-likeness (QED) is 0.594. The second kappa shape index (κ2) is 9.82. The van der Waals surface area contributed by atoms with Crippen LogP contribution in [0, 0.1) is 0 Å². The summed E-state index contributed by atoms with van der Waals surface area (Å²) in [6.45, 7) is 1.76. The molecule has 8 nitrogen and oxygen atoms in total. The van der Waals surface area contributed by atoms with E-state index in [9.17, 15) is 18.0 Å². The first-order valence-corrected chi connectivity index (χ1v) is 11.4. The van der Waals surface area contributed by atoms with Crippen molar-refractivity contribution in [3.8, 4) is 0 Å². The molecular formula is C21H26N4O4S. The van der Waals surface area contributed by atoms with E-state index >= 15 is 0 Å². The second-order valence-electron chi connectivity index (χ2n) is 7.36. The van der Waals surface area contributed by atoms with Crippen LogP contribution in [0.4, 0.5) is 5.82 Å². The molecule has 0 saturated heterocycles. The van der Waals surface area contributed by atoms with Gasteiger partial charge in [0, 0.05) is 31.3 Å². The zero-order chi connectivity index (χ0) is 21.6. The Kier molecular flexibility index (Phi) is 7.17. The highest BCUT2D eigenvalue weighted by Crippen LogP contribution is 2.20. The molecule has 0 spiro atoms. The average Bonchev–Trinajstić information content (AvgIpc) is 3.20. The largest absolute Gasteiger partial charge is 0.352 e. The maximum absolute atomic E-state index is 12.5. The zero-order valence-corrected chi connectivity index (χ0v) is 17.7. The minimum absolute atomic E-state index is 0.0317. The van der Waals surface area contributed by atoms with Gasteiger partial charge in [-0.1, -0.05) is 25.0 Å². The third-order valence-electron chi connectivity index (χ3n) is 4.94. The monoisotopic (exact) mass is 430 g/mol. The lowest BCUT2D eigenvalue weighted by Crippen LogP contribution is -2.32. The standard InChI is InChI=1S/C21H26N4O4S/c1-15(26)24-20-14-17(11-13-22-20)21(27)23-12-10-16-6-8-19(9-7-16)30(28,29)25-18-4-2-3-5-18/h6-9,11,13-14,18,25H,2-5,10,12H2,1H3,(H,23,27)(H,22,24,26). The Bertz CT molecular complexity index is 1000. The minimum atomic E-state index is -3.50. The van der Waals surface area contributed by atoms with E-state index in [1.54, 1.807) is 30.3 Å². The van der Waals surface area contributed by atoms with E-state index in [4.69, 9.17) is 0 Å². The number of benzene rings is 1. The number of rotatable bonds is 8. The summed E-state index contributed by atoms with van der Waals surface area (Å²) in [5.74, 6) is -0.217. The predicted octanol–water partition coefficient (Wildman–Crippen LogP) is 2.23. The van der Waals surface area contributed by atoms with Crippen molar-refractivity contribution >= 4 is 27.7 Å². The van der Waals surface area contributed by atoms with Gasteiger partial charge in [0.2, 0.25) is 15.9 Å². The van der Waals surface area contributed by atoms with Crippen LogP contribution in [0.2, 0.25) is 0 Å². The van der Waals surface area contributed by atoms with Crippen molar-refractivity contribution in [2.45, 2.75) is 50.0 Å². The lowest BCUT2D eigenvalue weighted by Gasteiger charge is -2.13. The Labute approximate surface area is 176 Å². The summed E-state index contributed by atoms with van der Waals surface area (Å²) in [6, 6.07) is 9.82. The van der Waals surface area contributed by atoms with Crippen molar-refractivity contribution in [3.05, 3.63) is 53.7 Å². The maximum atomic E-state index is 12.5. The van der Waals surface area contributed by atoms with Gasteiger partial charge in [-0.2, -0.15) is 0 Å². The molecule has 2 aromatic rings. The fourth-order valence-corrected chi connectivity index (χ4v) is 4.71. The summed E-state index contributed by atoms with van der Waals surface area (Å²) < 4.78 is 27.7. The van der Waals surface area contributed by atoms with Crippen LogP contribution in [-0.4, -0.2) is 37.8 Å². The van der Waals surface area contributed by atoms with Gasteiger partial charge in [0.15, 0.2) is 0 Å². The molecule has 1 aliphatic carbocycles. The number of amides is 2. The zero-order valence-electron chi connectivity index (χ0n) is 16.8. The Morgan fingerprint density at radius 1 is 1.10 bits per heavy atom. The van der Waals surface area contributed by atoms with E-state index in [0.29, 0.717) is 24.3 Å². The third kappa shape index (κ3) is 6.11. The number of anilines is 1. The number of carbonyl (C=O) groups is 2. The molecule has 0 atom stereocenters. The van der Waals surface area contributed by atoms with E-state index in [2.05, 4.69) is 20.3 Å². The van der Waals surface area contributed by atoms with Gasteiger partial charge in [0.1, 0.15) is 5.82 Å². The summed E-state index contributed by atoms with van der Waals surface area (Å²) in [6.07, 6.45) is 5.92. The van der Waals surface area contributed by atoms with Crippen LogP contribution >= 0.6 is 0 Å². The number of carbonyl (C=O) groups excluding carboxylic acids is 2. The molecule has 1 heterocycles. The lowest BCUT2D eigenvalue weighted by atomic mass is 10.1. The molecule has 3 N–H and O–H groups in total. The number of aromatic nitrogens is 1. The molecule has 0 unspecified atom stereocenters. The predicted molar refractivity (Wildman–Crippen MR) is 114 cm³/mol. The molecule has 0 aliphatic heterocycles. The molecule has 1 fully saturated rings. The average molecular weight is 431 g/mol. The Morgan fingerprint density at radius 3 is 2.47 bits per heavy atom. The van der Waals surface area contributed by atoms with E-state index in [-0.39, 0.29) is 22.8 Å². The number of hydrogen-bond acceptors (Lipinski definition) is 5. The van der Waals surface area contributed by atoms with E-state index in [0.717, 1.165) is 31.2 Å². The van der Waals surface area contributed by atoms with Crippen molar-refractivity contribution in [1.29, 1.82) is 0 Å². The fourth-order valence-electron chi connectivity index (χ4n) is 3.41. The molecule has 160 valence electrons. The molecule has 9 heteroatoms. The van der Waals surface area contributed by atoms with Crippen molar-refractivity contribution in [3.63, 3.8) is 0 Å². The van der Waals surface area contributed by atoms with Crippen LogP contribution < -0.4 is 15.4 Å². The summed E-state index contributed by atoms with van der Waals surface area (Å²) in [4.78, 5) is 27.6. The first-order valence-electron chi connectivity index (χ1n) is 9.96. The van der Waals surface area contributed by atoms with Gasteiger partial charge in [-0.15, -0.1) is 0 Å².